The molecule has 2 unspecified atom stereocenters. The van der Waals surface area contributed by atoms with Crippen LogP contribution in [-0.4, -0.2) is 70.6 Å². The first-order chi connectivity index (χ1) is 10.3. The first kappa shape index (κ1) is 22.9. The van der Waals surface area contributed by atoms with E-state index in [1.807, 2.05) is 6.92 Å². The number of nitrogens with one attached hydrogen (secondary N) is 2. The summed E-state index contributed by atoms with van der Waals surface area (Å²) in [5.41, 5.74) is 0. The standard InChI is InChI=1S/C15H32N4O2S.HI/c1-13(12-19-8-5-6-9-19)11-17-15(16-3)18-14(2)7-10-22(4,20)21;/h13-14H,5-12H2,1-4H3,(H2,16,17,18);1H. The molecule has 23 heavy (non-hydrogen) atoms. The summed E-state index contributed by atoms with van der Waals surface area (Å²) in [6.45, 7) is 8.65. The summed E-state index contributed by atoms with van der Waals surface area (Å²) >= 11 is 0. The number of hydrogen-bond donors (Lipinski definition) is 2. The van der Waals surface area contributed by atoms with E-state index in [2.05, 4.69) is 27.4 Å². The zero-order valence-corrected chi connectivity index (χ0v) is 18.0. The van der Waals surface area contributed by atoms with Gasteiger partial charge in [0.15, 0.2) is 5.96 Å². The van der Waals surface area contributed by atoms with Crippen molar-refractivity contribution in [1.82, 2.24) is 15.5 Å². The summed E-state index contributed by atoms with van der Waals surface area (Å²) in [5, 5.41) is 6.58. The lowest BCUT2D eigenvalue weighted by molar-refractivity contribution is 0.287. The molecule has 0 radical (unpaired) electrons. The molecule has 1 heterocycles. The maximum absolute atomic E-state index is 11.2. The number of aliphatic imine (C=N–C) groups is 1. The molecular formula is C15H33IN4O2S. The molecule has 8 heteroatoms. The molecule has 2 atom stereocenters. The first-order valence-electron chi connectivity index (χ1n) is 8.17. The van der Waals surface area contributed by atoms with E-state index in [0.29, 0.717) is 12.3 Å². The second-order valence-electron chi connectivity index (χ2n) is 6.53. The molecule has 0 bridgehead atoms. The number of halogens is 1. The van der Waals surface area contributed by atoms with E-state index >= 15 is 0 Å². The van der Waals surface area contributed by atoms with Crippen molar-refractivity contribution >= 4 is 39.8 Å². The monoisotopic (exact) mass is 460 g/mol. The Balaban J connectivity index is 0.00000484. The van der Waals surface area contributed by atoms with Crippen molar-refractivity contribution in [3.63, 3.8) is 0 Å². The van der Waals surface area contributed by atoms with Gasteiger partial charge in [-0.05, 0) is 45.2 Å². The fourth-order valence-corrected chi connectivity index (χ4v) is 3.41. The molecule has 0 aliphatic carbocycles. The van der Waals surface area contributed by atoms with Gasteiger partial charge < -0.3 is 15.5 Å². The third kappa shape index (κ3) is 11.1. The minimum atomic E-state index is -2.91. The largest absolute Gasteiger partial charge is 0.356 e. The molecule has 1 fully saturated rings. The molecule has 1 aliphatic rings. The van der Waals surface area contributed by atoms with Gasteiger partial charge in [0.2, 0.25) is 0 Å². The highest BCUT2D eigenvalue weighted by Crippen LogP contribution is 2.09. The fraction of sp³-hybridized carbons (Fsp3) is 0.933. The van der Waals surface area contributed by atoms with Crippen LogP contribution in [0.4, 0.5) is 0 Å². The maximum atomic E-state index is 11.2. The Morgan fingerprint density at radius 2 is 1.87 bits per heavy atom. The van der Waals surface area contributed by atoms with E-state index in [-0.39, 0.29) is 35.8 Å². The highest BCUT2D eigenvalue weighted by molar-refractivity contribution is 14.0. The van der Waals surface area contributed by atoms with Gasteiger partial charge in [-0.1, -0.05) is 6.92 Å². The fourth-order valence-electron chi connectivity index (χ4n) is 2.63. The van der Waals surface area contributed by atoms with Gasteiger partial charge >= 0.3 is 0 Å². The average molecular weight is 460 g/mol. The zero-order valence-electron chi connectivity index (χ0n) is 14.8. The summed E-state index contributed by atoms with van der Waals surface area (Å²) in [5.74, 6) is 1.50. The summed E-state index contributed by atoms with van der Waals surface area (Å²) in [6.07, 6.45) is 4.50. The van der Waals surface area contributed by atoms with Crippen LogP contribution in [0.25, 0.3) is 0 Å². The van der Waals surface area contributed by atoms with E-state index < -0.39 is 9.84 Å². The molecule has 1 rings (SSSR count). The van der Waals surface area contributed by atoms with Crippen molar-refractivity contribution in [1.29, 1.82) is 0 Å². The highest BCUT2D eigenvalue weighted by Gasteiger charge is 2.15. The molecule has 0 spiro atoms. The molecule has 0 aromatic rings. The lowest BCUT2D eigenvalue weighted by Crippen LogP contribution is -2.45. The van der Waals surface area contributed by atoms with Gasteiger partial charge in [0.1, 0.15) is 9.84 Å². The second-order valence-corrected chi connectivity index (χ2v) is 8.79. The average Bonchev–Trinajstić information content (AvgIpc) is 2.93. The van der Waals surface area contributed by atoms with Gasteiger partial charge in [0.25, 0.3) is 0 Å². The van der Waals surface area contributed by atoms with Crippen LogP contribution in [0, 0.1) is 5.92 Å². The Bertz CT molecular complexity index is 450. The van der Waals surface area contributed by atoms with Gasteiger partial charge in [-0.2, -0.15) is 0 Å². The van der Waals surface area contributed by atoms with E-state index in [1.165, 1.54) is 32.2 Å². The maximum Gasteiger partial charge on any atom is 0.191 e. The van der Waals surface area contributed by atoms with Crippen molar-refractivity contribution < 1.29 is 8.42 Å². The molecule has 0 aromatic carbocycles. The molecule has 6 nitrogen and oxygen atoms in total. The minimum absolute atomic E-state index is 0. The Hall–Kier alpha value is -0.0900. The van der Waals surface area contributed by atoms with Crippen LogP contribution in [0.1, 0.15) is 33.1 Å². The quantitative estimate of drug-likeness (QED) is 0.325. The van der Waals surface area contributed by atoms with E-state index in [9.17, 15) is 8.42 Å². The van der Waals surface area contributed by atoms with Crippen molar-refractivity contribution in [3.8, 4) is 0 Å². The summed E-state index contributed by atoms with van der Waals surface area (Å²) in [7, 11) is -1.17. The smallest absolute Gasteiger partial charge is 0.191 e. The van der Waals surface area contributed by atoms with Crippen LogP contribution in [0.2, 0.25) is 0 Å². The first-order valence-corrected chi connectivity index (χ1v) is 10.2. The Kier molecular flexibility index (Phi) is 11.4. The normalized spacial score (nSPS) is 19.0. The number of hydrogen-bond acceptors (Lipinski definition) is 4. The van der Waals surface area contributed by atoms with Crippen molar-refractivity contribution in [3.05, 3.63) is 0 Å². The van der Waals surface area contributed by atoms with Gasteiger partial charge in [-0.3, -0.25) is 4.99 Å². The molecular weight excluding hydrogens is 427 g/mol. The number of nitrogens with zero attached hydrogens (tertiary/aromatic N) is 2. The minimum Gasteiger partial charge on any atom is -0.356 e. The molecule has 0 aromatic heterocycles. The van der Waals surface area contributed by atoms with Crippen LogP contribution in [0.3, 0.4) is 0 Å². The molecule has 138 valence electrons. The predicted molar refractivity (Wildman–Crippen MR) is 109 cm³/mol. The number of rotatable bonds is 8. The summed E-state index contributed by atoms with van der Waals surface area (Å²) in [6, 6.07) is 0.0785. The molecule has 0 saturated carbocycles. The van der Waals surface area contributed by atoms with Gasteiger partial charge in [-0.25, -0.2) is 8.42 Å². The lowest BCUT2D eigenvalue weighted by Gasteiger charge is -2.22. The third-order valence-corrected chi connectivity index (χ3v) is 4.89. The van der Waals surface area contributed by atoms with Crippen molar-refractivity contribution in [2.24, 2.45) is 10.9 Å². The van der Waals surface area contributed by atoms with Gasteiger partial charge in [-0.15, -0.1) is 24.0 Å². The number of sulfone groups is 1. The predicted octanol–water partition coefficient (Wildman–Crippen LogP) is 1.32. The second kappa shape index (κ2) is 11.5. The van der Waals surface area contributed by atoms with Crippen LogP contribution >= 0.6 is 24.0 Å². The van der Waals surface area contributed by atoms with Crippen LogP contribution in [0.15, 0.2) is 4.99 Å². The van der Waals surface area contributed by atoms with Crippen LogP contribution < -0.4 is 10.6 Å². The third-order valence-electron chi connectivity index (χ3n) is 3.91. The van der Waals surface area contributed by atoms with E-state index in [0.717, 1.165) is 19.0 Å². The summed E-state index contributed by atoms with van der Waals surface area (Å²) in [4.78, 5) is 6.72. The van der Waals surface area contributed by atoms with Crippen LogP contribution in [0.5, 0.6) is 0 Å². The number of likely N-dealkylation sites (tertiary alicyclic amines) is 1. The Morgan fingerprint density at radius 3 is 2.39 bits per heavy atom. The van der Waals surface area contributed by atoms with Gasteiger partial charge in [0.05, 0.1) is 5.75 Å². The van der Waals surface area contributed by atoms with Crippen molar-refractivity contribution in [2.75, 3.05) is 45.2 Å². The van der Waals surface area contributed by atoms with Crippen LogP contribution in [-0.2, 0) is 9.84 Å². The van der Waals surface area contributed by atoms with E-state index in [4.69, 9.17) is 0 Å². The van der Waals surface area contributed by atoms with Gasteiger partial charge in [0, 0.05) is 32.4 Å². The SMILES string of the molecule is CN=C(NCC(C)CN1CCCC1)NC(C)CCS(C)(=O)=O.I. The Morgan fingerprint density at radius 1 is 1.26 bits per heavy atom. The van der Waals surface area contributed by atoms with Crippen molar-refractivity contribution in [2.45, 2.75) is 39.2 Å². The lowest BCUT2D eigenvalue weighted by atomic mass is 10.1. The number of guanidine groups is 1. The summed E-state index contributed by atoms with van der Waals surface area (Å²) < 4.78 is 22.4. The van der Waals surface area contributed by atoms with E-state index in [1.54, 1.807) is 7.05 Å². The topological polar surface area (TPSA) is 73.8 Å². The molecule has 0 amide bonds. The zero-order chi connectivity index (χ0) is 16.6. The molecule has 1 saturated heterocycles. The molecule has 1 aliphatic heterocycles. The highest BCUT2D eigenvalue weighted by atomic mass is 127. The molecule has 2 N–H and O–H groups in total. The Labute approximate surface area is 158 Å².